The summed E-state index contributed by atoms with van der Waals surface area (Å²) in [6, 6.07) is 24.1. The van der Waals surface area contributed by atoms with Gasteiger partial charge in [0.2, 0.25) is 0 Å². The first-order valence-electron chi connectivity index (χ1n) is 14.6. The van der Waals surface area contributed by atoms with Crippen LogP contribution in [-0.4, -0.2) is 9.97 Å². The molecular weight excluding hydrogens is 607 g/mol. The Morgan fingerprint density at radius 2 is 0.810 bits per heavy atom. The molecule has 0 saturated carbocycles. The summed E-state index contributed by atoms with van der Waals surface area (Å²) in [5.41, 5.74) is 8.31. The fourth-order valence-electron chi connectivity index (χ4n) is 4.55. The quantitative estimate of drug-likeness (QED) is 0.163. The van der Waals surface area contributed by atoms with Gasteiger partial charge in [0.05, 0.1) is 0 Å². The fourth-order valence-corrected chi connectivity index (χ4v) is 4.55. The Morgan fingerprint density at radius 1 is 0.476 bits per heavy atom. The molecule has 0 spiro atoms. The summed E-state index contributed by atoms with van der Waals surface area (Å²) in [6.07, 6.45) is 3.78. The molecule has 4 rings (SSSR count). The SMILES string of the molecule is CC(C)(C)c1cc(Oc2[c-]c(-c3cc(C(C)(C)C)ccn3)cc(C(C)(C)C)c2)[c-]c(-c2cc(C(C)(C)C)ccn2)c1.[Pd+2]. The van der Waals surface area contributed by atoms with Gasteiger partial charge in [-0.1, -0.05) is 119 Å². The molecule has 2 heterocycles. The summed E-state index contributed by atoms with van der Waals surface area (Å²) < 4.78 is 6.60. The van der Waals surface area contributed by atoms with Crippen LogP contribution in [0.5, 0.6) is 11.5 Å². The van der Waals surface area contributed by atoms with Crippen molar-refractivity contribution in [1.29, 1.82) is 0 Å². The third-order valence-corrected chi connectivity index (χ3v) is 7.44. The van der Waals surface area contributed by atoms with E-state index in [9.17, 15) is 0 Å². The molecule has 0 atom stereocenters. The third-order valence-electron chi connectivity index (χ3n) is 7.44. The molecule has 0 radical (unpaired) electrons. The first-order valence-corrected chi connectivity index (χ1v) is 14.6. The van der Waals surface area contributed by atoms with Crippen LogP contribution in [0.15, 0.2) is 60.9 Å². The van der Waals surface area contributed by atoms with Crippen molar-refractivity contribution in [3.8, 4) is 34.0 Å². The second kappa shape index (κ2) is 12.1. The van der Waals surface area contributed by atoms with E-state index in [4.69, 9.17) is 14.7 Å². The predicted molar refractivity (Wildman–Crippen MR) is 172 cm³/mol. The van der Waals surface area contributed by atoms with Gasteiger partial charge in [0.25, 0.3) is 0 Å². The summed E-state index contributed by atoms with van der Waals surface area (Å²) in [5, 5.41) is 0. The van der Waals surface area contributed by atoms with E-state index in [0.29, 0.717) is 11.5 Å². The van der Waals surface area contributed by atoms with E-state index >= 15 is 0 Å². The van der Waals surface area contributed by atoms with Crippen LogP contribution in [-0.2, 0) is 42.1 Å². The zero-order chi connectivity index (χ0) is 30.4. The number of benzene rings is 2. The minimum Gasteiger partial charge on any atom is -0.497 e. The molecule has 224 valence electrons. The van der Waals surface area contributed by atoms with Crippen molar-refractivity contribution < 1.29 is 25.2 Å². The molecule has 0 aliphatic carbocycles. The van der Waals surface area contributed by atoms with Crippen molar-refractivity contribution in [2.24, 2.45) is 0 Å². The molecule has 3 nitrogen and oxygen atoms in total. The molecule has 0 unspecified atom stereocenters. The molecule has 0 aliphatic heterocycles. The maximum atomic E-state index is 6.60. The normalized spacial score (nSPS) is 12.6. The zero-order valence-corrected chi connectivity index (χ0v) is 28.9. The van der Waals surface area contributed by atoms with Crippen molar-refractivity contribution in [2.45, 2.75) is 105 Å². The Hall–Kier alpha value is -2.80. The van der Waals surface area contributed by atoms with Gasteiger partial charge < -0.3 is 14.7 Å². The van der Waals surface area contributed by atoms with E-state index in [1.165, 1.54) is 11.1 Å². The first-order chi connectivity index (χ1) is 18.8. The molecule has 0 bridgehead atoms. The van der Waals surface area contributed by atoms with Gasteiger partial charge in [0.15, 0.2) is 0 Å². The number of pyridine rings is 2. The number of hydrogen-bond donors (Lipinski definition) is 0. The average Bonchev–Trinajstić information content (AvgIpc) is 2.86. The minimum absolute atomic E-state index is 0. The summed E-state index contributed by atoms with van der Waals surface area (Å²) in [5.74, 6) is 1.31. The van der Waals surface area contributed by atoms with Crippen LogP contribution in [0.25, 0.3) is 22.5 Å². The van der Waals surface area contributed by atoms with Gasteiger partial charge in [-0.3, -0.25) is 0 Å². The van der Waals surface area contributed by atoms with Gasteiger partial charge in [-0.25, -0.2) is 0 Å². The van der Waals surface area contributed by atoms with Gasteiger partial charge in [0.1, 0.15) is 0 Å². The maximum Gasteiger partial charge on any atom is 2.00 e. The van der Waals surface area contributed by atoms with Crippen molar-refractivity contribution in [2.75, 3.05) is 0 Å². The molecule has 0 amide bonds. The van der Waals surface area contributed by atoms with Crippen LogP contribution in [0.4, 0.5) is 0 Å². The number of nitrogens with zero attached hydrogens (tertiary/aromatic N) is 2. The Balaban J connectivity index is 0.00000484. The molecule has 4 aromatic rings. The maximum absolute atomic E-state index is 6.60. The van der Waals surface area contributed by atoms with Crippen LogP contribution in [0, 0.1) is 12.1 Å². The molecule has 0 saturated heterocycles. The number of aromatic nitrogens is 2. The first kappa shape index (κ1) is 33.7. The van der Waals surface area contributed by atoms with Crippen LogP contribution in [0.1, 0.15) is 105 Å². The summed E-state index contributed by atoms with van der Waals surface area (Å²) in [4.78, 5) is 9.44. The van der Waals surface area contributed by atoms with Gasteiger partial charge >= 0.3 is 20.4 Å². The second-order valence-electron chi connectivity index (χ2n) is 15.3. The van der Waals surface area contributed by atoms with Gasteiger partial charge in [-0.05, 0) is 56.3 Å². The standard InChI is InChI=1S/C38H46N2O.Pd/c1-35(2,3)27-13-15-39-33(23-27)25-17-29(37(7,8)9)21-31(19-25)41-32-20-26(18-30(22-32)38(10,11)12)34-24-28(14-16-40-34)36(4,5)6;/h13-18,21-24H,1-12H3;/q-2;+2. The Morgan fingerprint density at radius 3 is 1.12 bits per heavy atom. The molecule has 0 N–H and O–H groups in total. The fraction of sp³-hybridized carbons (Fsp3) is 0.421. The summed E-state index contributed by atoms with van der Waals surface area (Å²) in [6.45, 7) is 26.6. The summed E-state index contributed by atoms with van der Waals surface area (Å²) in [7, 11) is 0. The number of ether oxygens (including phenoxy) is 1. The van der Waals surface area contributed by atoms with Crippen LogP contribution < -0.4 is 4.74 Å². The molecular formula is C38H46N2OPd. The van der Waals surface area contributed by atoms with Gasteiger partial charge in [-0.2, -0.15) is 0 Å². The van der Waals surface area contributed by atoms with E-state index in [2.05, 4.69) is 144 Å². The molecule has 0 fully saturated rings. The topological polar surface area (TPSA) is 35.0 Å². The minimum atomic E-state index is -0.0803. The largest absolute Gasteiger partial charge is 2.00 e. The smallest absolute Gasteiger partial charge is 0.497 e. The Bertz CT molecular complexity index is 1430. The molecule has 0 aliphatic rings. The molecule has 2 aromatic heterocycles. The van der Waals surface area contributed by atoms with Gasteiger partial charge in [-0.15, -0.1) is 34.4 Å². The summed E-state index contributed by atoms with van der Waals surface area (Å²) >= 11 is 0. The van der Waals surface area contributed by atoms with Crippen molar-refractivity contribution in [3.05, 3.63) is 95.3 Å². The Labute approximate surface area is 268 Å². The molecule has 2 aromatic carbocycles. The average molecular weight is 653 g/mol. The number of hydrogen-bond acceptors (Lipinski definition) is 3. The van der Waals surface area contributed by atoms with E-state index in [-0.39, 0.29) is 42.1 Å². The van der Waals surface area contributed by atoms with Crippen LogP contribution >= 0.6 is 0 Å². The predicted octanol–water partition coefficient (Wildman–Crippen LogP) is 10.4. The van der Waals surface area contributed by atoms with E-state index in [0.717, 1.165) is 33.6 Å². The molecule has 4 heteroatoms. The van der Waals surface area contributed by atoms with E-state index in [1.54, 1.807) is 0 Å². The van der Waals surface area contributed by atoms with Crippen molar-refractivity contribution in [3.63, 3.8) is 0 Å². The van der Waals surface area contributed by atoms with E-state index in [1.807, 2.05) is 12.4 Å². The van der Waals surface area contributed by atoms with Gasteiger partial charge in [0, 0.05) is 23.9 Å². The van der Waals surface area contributed by atoms with E-state index < -0.39 is 0 Å². The third kappa shape index (κ3) is 8.18. The second-order valence-corrected chi connectivity index (χ2v) is 15.3. The molecule has 42 heavy (non-hydrogen) atoms. The van der Waals surface area contributed by atoms with Crippen molar-refractivity contribution in [1.82, 2.24) is 9.97 Å². The Kier molecular flexibility index (Phi) is 9.68. The van der Waals surface area contributed by atoms with Crippen LogP contribution in [0.2, 0.25) is 0 Å². The van der Waals surface area contributed by atoms with Crippen LogP contribution in [0.3, 0.4) is 0 Å². The monoisotopic (exact) mass is 652 g/mol. The number of rotatable bonds is 4. The zero-order valence-electron chi connectivity index (χ0n) is 27.4. The van der Waals surface area contributed by atoms with Crippen molar-refractivity contribution >= 4 is 0 Å².